The number of methoxy groups -OCH3 is 1. The first-order valence-electron chi connectivity index (χ1n) is 13.3. The topological polar surface area (TPSA) is 137 Å². The van der Waals surface area contributed by atoms with E-state index in [1.54, 1.807) is 37.4 Å². The monoisotopic (exact) mass is 565 g/mol. The van der Waals surface area contributed by atoms with E-state index in [4.69, 9.17) is 16.3 Å². The summed E-state index contributed by atoms with van der Waals surface area (Å²) in [5.74, 6) is 0.415. The van der Waals surface area contributed by atoms with Crippen LogP contribution >= 0.6 is 11.6 Å². The third-order valence-electron chi connectivity index (χ3n) is 7.38. The van der Waals surface area contributed by atoms with E-state index < -0.39 is 6.04 Å². The first-order valence-corrected chi connectivity index (χ1v) is 13.7. The van der Waals surface area contributed by atoms with Gasteiger partial charge in [-0.15, -0.1) is 0 Å². The molecule has 5 rings (SSSR count). The van der Waals surface area contributed by atoms with Crippen LogP contribution in [0.3, 0.4) is 0 Å². The molecule has 4 N–H and O–H groups in total. The zero-order chi connectivity index (χ0) is 28.2. The van der Waals surface area contributed by atoms with Gasteiger partial charge in [0.05, 0.1) is 42.8 Å². The van der Waals surface area contributed by atoms with Gasteiger partial charge in [-0.1, -0.05) is 35.9 Å². The van der Waals surface area contributed by atoms with Crippen LogP contribution in [0.25, 0.3) is 11.3 Å². The van der Waals surface area contributed by atoms with Crippen molar-refractivity contribution in [1.29, 1.82) is 0 Å². The van der Waals surface area contributed by atoms with E-state index in [1.165, 1.54) is 11.1 Å². The van der Waals surface area contributed by atoms with E-state index in [-0.39, 0.29) is 37.1 Å². The van der Waals surface area contributed by atoms with Crippen LogP contribution < -0.4 is 15.4 Å². The van der Waals surface area contributed by atoms with Crippen LogP contribution in [0, 0.1) is 0 Å². The number of anilines is 1. The van der Waals surface area contributed by atoms with Gasteiger partial charge in [0.2, 0.25) is 11.9 Å². The first kappa shape index (κ1) is 27.8. The maximum Gasteiger partial charge on any atom is 0.254 e. The lowest BCUT2D eigenvalue weighted by Crippen LogP contribution is -2.40. The summed E-state index contributed by atoms with van der Waals surface area (Å²) < 4.78 is 5.23. The summed E-state index contributed by atoms with van der Waals surface area (Å²) in [5, 5.41) is 26.1. The fourth-order valence-electron chi connectivity index (χ4n) is 5.18. The number of hydrogen-bond donors (Lipinski definition) is 4. The summed E-state index contributed by atoms with van der Waals surface area (Å²) in [5.41, 5.74) is 3.17. The molecular weight excluding hydrogens is 534 g/mol. The minimum atomic E-state index is -0.629. The summed E-state index contributed by atoms with van der Waals surface area (Å²) in [7, 11) is 1.55. The van der Waals surface area contributed by atoms with E-state index in [0.717, 1.165) is 31.2 Å². The number of amides is 2. The predicted octanol–water partition coefficient (Wildman–Crippen LogP) is 3.33. The molecule has 2 aromatic carbocycles. The van der Waals surface area contributed by atoms with Crippen LogP contribution in [0.15, 0.2) is 48.7 Å². The molecule has 1 aromatic heterocycles. The summed E-state index contributed by atoms with van der Waals surface area (Å²) in [6.07, 6.45) is 4.42. The third kappa shape index (κ3) is 6.19. The number of nitrogens with zero attached hydrogens (tertiary/aromatic N) is 3. The number of aliphatic hydroxyl groups excluding tert-OH is 2. The molecule has 1 atom stereocenters. The van der Waals surface area contributed by atoms with Crippen LogP contribution in [-0.2, 0) is 11.3 Å². The number of halogens is 1. The number of aliphatic hydroxyl groups is 2. The van der Waals surface area contributed by atoms with E-state index in [1.807, 2.05) is 12.1 Å². The number of ether oxygens (including phenoxy) is 1. The number of rotatable bonds is 9. The Labute approximate surface area is 237 Å². The predicted molar refractivity (Wildman–Crippen MR) is 150 cm³/mol. The highest BCUT2D eigenvalue weighted by Crippen LogP contribution is 2.32. The SMILES string of the molecule is COc1cccc([C@@H](CO)NC(=O)CN2Cc3ccc(-c4nc(NC5CCC(O)CC5)ncc4Cl)cc3C2=O)c1. The van der Waals surface area contributed by atoms with Gasteiger partial charge in [-0.25, -0.2) is 9.97 Å². The van der Waals surface area contributed by atoms with Crippen LogP contribution in [0.1, 0.15) is 53.2 Å². The smallest absolute Gasteiger partial charge is 0.254 e. The number of fused-ring (bicyclic) bond motifs is 1. The molecular formula is C29H32ClN5O5. The third-order valence-corrected chi connectivity index (χ3v) is 7.66. The molecule has 1 aliphatic heterocycles. The lowest BCUT2D eigenvalue weighted by molar-refractivity contribution is -0.122. The molecule has 3 aromatic rings. The highest BCUT2D eigenvalue weighted by Gasteiger charge is 2.30. The van der Waals surface area contributed by atoms with Crippen molar-refractivity contribution in [3.8, 4) is 17.0 Å². The Balaban J connectivity index is 1.26. The van der Waals surface area contributed by atoms with Crippen molar-refractivity contribution in [3.05, 3.63) is 70.4 Å². The van der Waals surface area contributed by atoms with Crippen molar-refractivity contribution in [2.24, 2.45) is 0 Å². The van der Waals surface area contributed by atoms with Gasteiger partial charge in [-0.3, -0.25) is 9.59 Å². The summed E-state index contributed by atoms with van der Waals surface area (Å²) in [6.45, 7) is -0.153. The van der Waals surface area contributed by atoms with Gasteiger partial charge >= 0.3 is 0 Å². The van der Waals surface area contributed by atoms with Crippen LogP contribution in [0.4, 0.5) is 5.95 Å². The van der Waals surface area contributed by atoms with E-state index in [9.17, 15) is 19.8 Å². The quantitative estimate of drug-likeness (QED) is 0.310. The fraction of sp³-hybridized carbons (Fsp3) is 0.379. The standard InChI is InChI=1S/C29H32ClN5O5/c1-40-22-4-2-3-17(11-22)25(16-36)33-26(38)15-35-14-19-6-5-18(12-23(19)28(35)39)27-24(30)13-31-29(34-27)32-20-7-9-21(37)10-8-20/h2-6,11-13,20-21,25,36-37H,7-10,14-16H2,1H3,(H,33,38)(H,31,32,34)/t20?,21?,25-/m1/s1. The highest BCUT2D eigenvalue weighted by molar-refractivity contribution is 6.33. The Hall–Kier alpha value is -3.73. The molecule has 0 spiro atoms. The number of aromatic nitrogens is 2. The van der Waals surface area contributed by atoms with Gasteiger partial charge in [-0.2, -0.15) is 0 Å². The molecule has 2 amide bonds. The Morgan fingerprint density at radius 3 is 2.75 bits per heavy atom. The summed E-state index contributed by atoms with van der Waals surface area (Å²) in [6, 6.07) is 12.1. The number of nitrogens with one attached hydrogen (secondary N) is 2. The Kier molecular flexibility index (Phi) is 8.49. The van der Waals surface area contributed by atoms with Gasteiger partial charge < -0.3 is 30.5 Å². The second-order valence-electron chi connectivity index (χ2n) is 10.2. The van der Waals surface area contributed by atoms with Crippen molar-refractivity contribution in [1.82, 2.24) is 20.2 Å². The molecule has 1 aliphatic carbocycles. The molecule has 0 radical (unpaired) electrons. The highest BCUT2D eigenvalue weighted by atomic mass is 35.5. The molecule has 40 heavy (non-hydrogen) atoms. The summed E-state index contributed by atoms with van der Waals surface area (Å²) >= 11 is 6.45. The molecule has 1 fully saturated rings. The van der Waals surface area contributed by atoms with Crippen LogP contribution in [0.2, 0.25) is 5.02 Å². The van der Waals surface area contributed by atoms with E-state index in [0.29, 0.717) is 45.6 Å². The van der Waals surface area contributed by atoms with Crippen LogP contribution in [0.5, 0.6) is 5.75 Å². The van der Waals surface area contributed by atoms with Crippen molar-refractivity contribution in [3.63, 3.8) is 0 Å². The molecule has 11 heteroatoms. The van der Waals surface area contributed by atoms with E-state index >= 15 is 0 Å². The summed E-state index contributed by atoms with van der Waals surface area (Å²) in [4.78, 5) is 36.5. The number of hydrogen-bond acceptors (Lipinski definition) is 8. The molecule has 10 nitrogen and oxygen atoms in total. The molecule has 210 valence electrons. The Morgan fingerprint density at radius 2 is 2.00 bits per heavy atom. The van der Waals surface area contributed by atoms with Gasteiger partial charge in [0.1, 0.15) is 12.3 Å². The number of carbonyl (C=O) groups is 2. The maximum atomic E-state index is 13.2. The lowest BCUT2D eigenvalue weighted by Gasteiger charge is -2.26. The first-order chi connectivity index (χ1) is 19.3. The average molecular weight is 566 g/mol. The second kappa shape index (κ2) is 12.2. The minimum Gasteiger partial charge on any atom is -0.497 e. The Bertz CT molecular complexity index is 1390. The average Bonchev–Trinajstić information content (AvgIpc) is 3.27. The number of carbonyl (C=O) groups excluding carboxylic acids is 2. The molecule has 0 unspecified atom stereocenters. The Morgan fingerprint density at radius 1 is 1.20 bits per heavy atom. The maximum absolute atomic E-state index is 13.2. The molecule has 2 heterocycles. The van der Waals surface area contributed by atoms with Gasteiger partial charge in [-0.05, 0) is 55.0 Å². The van der Waals surface area contributed by atoms with Gasteiger partial charge in [0, 0.05) is 23.7 Å². The molecule has 0 saturated heterocycles. The minimum absolute atomic E-state index is 0.151. The largest absolute Gasteiger partial charge is 0.497 e. The second-order valence-corrected chi connectivity index (χ2v) is 10.6. The van der Waals surface area contributed by atoms with Crippen LogP contribution in [-0.4, -0.2) is 69.3 Å². The zero-order valence-electron chi connectivity index (χ0n) is 22.1. The number of benzene rings is 2. The van der Waals surface area contributed by atoms with Crippen molar-refractivity contribution in [2.45, 2.75) is 50.4 Å². The molecule has 2 aliphatic rings. The van der Waals surface area contributed by atoms with Gasteiger partial charge in [0.15, 0.2) is 0 Å². The van der Waals surface area contributed by atoms with Crippen molar-refractivity contribution in [2.75, 3.05) is 25.6 Å². The lowest BCUT2D eigenvalue weighted by atomic mass is 9.93. The zero-order valence-corrected chi connectivity index (χ0v) is 22.9. The van der Waals surface area contributed by atoms with Crippen molar-refractivity contribution >= 4 is 29.4 Å². The normalized spacial score (nSPS) is 19.2. The van der Waals surface area contributed by atoms with Gasteiger partial charge in [0.25, 0.3) is 5.91 Å². The fourth-order valence-corrected chi connectivity index (χ4v) is 5.38. The van der Waals surface area contributed by atoms with Crippen molar-refractivity contribution < 1.29 is 24.5 Å². The molecule has 1 saturated carbocycles. The molecule has 0 bridgehead atoms. The van der Waals surface area contributed by atoms with E-state index in [2.05, 4.69) is 20.6 Å².